The summed E-state index contributed by atoms with van der Waals surface area (Å²) in [7, 11) is -4.05. The molecule has 31 heavy (non-hydrogen) atoms. The molecule has 0 amide bonds. The first-order chi connectivity index (χ1) is 14.1. The SMILES string of the molecule is CC(C)(C)[Si](C)(C)Oc1cc(O[Si](C)(C)C(C)(C)C)nc(SCCc2ccccn2)n1. The van der Waals surface area contributed by atoms with Gasteiger partial charge in [0.05, 0.1) is 6.07 Å². The first-order valence-corrected chi connectivity index (χ1v) is 17.7. The lowest BCUT2D eigenvalue weighted by molar-refractivity contribution is 0.443. The lowest BCUT2D eigenvalue weighted by atomic mass is 10.2. The van der Waals surface area contributed by atoms with Crippen LogP contribution < -0.4 is 8.85 Å². The average molecular weight is 478 g/mol. The van der Waals surface area contributed by atoms with Gasteiger partial charge in [-0.1, -0.05) is 59.4 Å². The first-order valence-electron chi connectivity index (χ1n) is 10.9. The van der Waals surface area contributed by atoms with Crippen LogP contribution in [0.2, 0.25) is 36.3 Å². The number of aryl methyl sites for hydroxylation is 1. The Balaban J connectivity index is 2.28. The van der Waals surface area contributed by atoms with Crippen molar-refractivity contribution >= 4 is 28.4 Å². The number of pyridine rings is 1. The van der Waals surface area contributed by atoms with Crippen molar-refractivity contribution in [2.24, 2.45) is 0 Å². The van der Waals surface area contributed by atoms with Gasteiger partial charge in [-0.2, -0.15) is 9.97 Å². The van der Waals surface area contributed by atoms with Gasteiger partial charge >= 0.3 is 0 Å². The highest BCUT2D eigenvalue weighted by Crippen LogP contribution is 2.40. The molecule has 0 aliphatic heterocycles. The normalized spacial score (nSPS) is 13.2. The van der Waals surface area contributed by atoms with Gasteiger partial charge in [0, 0.05) is 17.6 Å². The van der Waals surface area contributed by atoms with E-state index in [1.165, 1.54) is 0 Å². The quantitative estimate of drug-likeness (QED) is 0.232. The highest BCUT2D eigenvalue weighted by atomic mass is 32.2. The lowest BCUT2D eigenvalue weighted by Gasteiger charge is -2.37. The molecule has 0 spiro atoms. The highest BCUT2D eigenvalue weighted by Gasteiger charge is 2.41. The van der Waals surface area contributed by atoms with Crippen molar-refractivity contribution in [2.75, 3.05) is 5.75 Å². The fraction of sp³-hybridized carbons (Fsp3) is 0.609. The van der Waals surface area contributed by atoms with Crippen molar-refractivity contribution < 1.29 is 8.85 Å². The Kier molecular flexibility index (Phi) is 8.03. The molecule has 0 aliphatic carbocycles. The summed E-state index contributed by atoms with van der Waals surface area (Å²) >= 11 is 1.62. The summed E-state index contributed by atoms with van der Waals surface area (Å²) in [5.74, 6) is 2.09. The maximum Gasteiger partial charge on any atom is 0.252 e. The van der Waals surface area contributed by atoms with E-state index in [0.717, 1.165) is 17.9 Å². The van der Waals surface area contributed by atoms with E-state index in [0.29, 0.717) is 16.9 Å². The minimum absolute atomic E-state index is 0.0880. The molecule has 0 unspecified atom stereocenters. The van der Waals surface area contributed by atoms with Gasteiger partial charge in [0.25, 0.3) is 16.6 Å². The standard InChI is InChI=1S/C23H39N3O2SSi2/c1-22(2,3)30(7,8)27-19-17-20(28-31(9,10)23(4,5)6)26-21(25-19)29-16-14-18-13-11-12-15-24-18/h11-13,15,17H,14,16H2,1-10H3. The van der Waals surface area contributed by atoms with Crippen molar-refractivity contribution in [1.82, 2.24) is 15.0 Å². The number of hydrogen-bond donors (Lipinski definition) is 0. The molecule has 0 aromatic carbocycles. The number of nitrogens with zero attached hydrogens (tertiary/aromatic N) is 3. The van der Waals surface area contributed by atoms with Crippen LogP contribution in [0.3, 0.4) is 0 Å². The summed E-state index contributed by atoms with van der Waals surface area (Å²) in [6.07, 6.45) is 2.69. The smallest absolute Gasteiger partial charge is 0.252 e. The van der Waals surface area contributed by atoms with E-state index in [1.54, 1.807) is 11.8 Å². The van der Waals surface area contributed by atoms with Gasteiger partial charge < -0.3 is 8.85 Å². The Morgan fingerprint density at radius 3 is 1.77 bits per heavy atom. The monoisotopic (exact) mass is 477 g/mol. The predicted molar refractivity (Wildman–Crippen MR) is 136 cm³/mol. The molecule has 0 saturated carbocycles. The second kappa shape index (κ2) is 9.62. The van der Waals surface area contributed by atoms with E-state index in [-0.39, 0.29) is 10.1 Å². The third-order valence-electron chi connectivity index (χ3n) is 6.31. The van der Waals surface area contributed by atoms with Crippen LogP contribution >= 0.6 is 11.8 Å². The summed E-state index contributed by atoms with van der Waals surface area (Å²) in [6, 6.07) is 7.88. The topological polar surface area (TPSA) is 57.1 Å². The fourth-order valence-corrected chi connectivity index (χ4v) is 4.84. The van der Waals surface area contributed by atoms with Crippen molar-refractivity contribution in [3.05, 3.63) is 36.2 Å². The van der Waals surface area contributed by atoms with Crippen LogP contribution in [0.5, 0.6) is 11.8 Å². The van der Waals surface area contributed by atoms with Gasteiger partial charge in [0.2, 0.25) is 11.8 Å². The predicted octanol–water partition coefficient (Wildman–Crippen LogP) is 6.97. The molecule has 2 rings (SSSR count). The van der Waals surface area contributed by atoms with Crippen molar-refractivity contribution in [1.29, 1.82) is 0 Å². The largest absolute Gasteiger partial charge is 0.530 e. The van der Waals surface area contributed by atoms with Gasteiger partial charge in [-0.15, -0.1) is 0 Å². The van der Waals surface area contributed by atoms with Gasteiger partial charge in [-0.25, -0.2) is 0 Å². The third-order valence-corrected chi connectivity index (χ3v) is 15.8. The van der Waals surface area contributed by atoms with E-state index in [1.807, 2.05) is 30.5 Å². The van der Waals surface area contributed by atoms with Crippen LogP contribution in [0, 0.1) is 0 Å². The maximum atomic E-state index is 6.51. The van der Waals surface area contributed by atoms with E-state index < -0.39 is 16.6 Å². The molecule has 0 atom stereocenters. The molecule has 0 radical (unpaired) electrons. The maximum absolute atomic E-state index is 6.51. The molecule has 8 heteroatoms. The van der Waals surface area contributed by atoms with Crippen LogP contribution in [0.4, 0.5) is 0 Å². The Morgan fingerprint density at radius 2 is 1.35 bits per heavy atom. The molecule has 2 heterocycles. The number of thioether (sulfide) groups is 1. The Morgan fingerprint density at radius 1 is 0.839 bits per heavy atom. The Bertz CT molecular complexity index is 817. The number of hydrogen-bond acceptors (Lipinski definition) is 6. The molecule has 0 aliphatic rings. The average Bonchev–Trinajstić information content (AvgIpc) is 2.59. The summed E-state index contributed by atoms with van der Waals surface area (Å²) in [6.45, 7) is 22.3. The minimum Gasteiger partial charge on any atom is -0.530 e. The molecule has 0 bridgehead atoms. The zero-order valence-corrected chi connectivity index (χ0v) is 23.7. The van der Waals surface area contributed by atoms with Crippen LogP contribution in [-0.2, 0) is 6.42 Å². The zero-order chi connectivity index (χ0) is 23.5. The van der Waals surface area contributed by atoms with Crippen LogP contribution in [0.25, 0.3) is 0 Å². The van der Waals surface area contributed by atoms with Crippen molar-refractivity contribution in [3.8, 4) is 11.8 Å². The summed E-state index contributed by atoms with van der Waals surface area (Å²) < 4.78 is 13.0. The third kappa shape index (κ3) is 7.32. The summed E-state index contributed by atoms with van der Waals surface area (Å²) in [5.41, 5.74) is 1.07. The number of aromatic nitrogens is 3. The molecule has 2 aromatic rings. The van der Waals surface area contributed by atoms with Crippen LogP contribution in [-0.4, -0.2) is 37.3 Å². The molecular formula is C23H39N3O2SSi2. The minimum atomic E-state index is -2.02. The Labute approximate surface area is 195 Å². The second-order valence-electron chi connectivity index (χ2n) is 11.0. The van der Waals surface area contributed by atoms with Gasteiger partial charge in [-0.05, 0) is 54.8 Å². The molecular weight excluding hydrogens is 439 g/mol. The molecule has 5 nitrogen and oxygen atoms in total. The van der Waals surface area contributed by atoms with Gasteiger partial charge in [-0.3, -0.25) is 4.98 Å². The molecule has 0 saturated heterocycles. The van der Waals surface area contributed by atoms with Crippen molar-refractivity contribution in [3.63, 3.8) is 0 Å². The first kappa shape index (κ1) is 25.9. The van der Waals surface area contributed by atoms with Crippen LogP contribution in [0.15, 0.2) is 35.6 Å². The highest BCUT2D eigenvalue weighted by molar-refractivity contribution is 7.99. The second-order valence-corrected chi connectivity index (χ2v) is 21.5. The zero-order valence-electron chi connectivity index (χ0n) is 20.9. The van der Waals surface area contributed by atoms with Gasteiger partial charge in [0.1, 0.15) is 0 Å². The van der Waals surface area contributed by atoms with E-state index >= 15 is 0 Å². The summed E-state index contributed by atoms with van der Waals surface area (Å²) in [5, 5.41) is 0.871. The van der Waals surface area contributed by atoms with E-state index in [4.69, 9.17) is 18.8 Å². The van der Waals surface area contributed by atoms with E-state index in [9.17, 15) is 0 Å². The van der Waals surface area contributed by atoms with Crippen LogP contribution in [0.1, 0.15) is 47.2 Å². The number of rotatable bonds is 8. The lowest BCUT2D eigenvalue weighted by Crippen LogP contribution is -2.45. The van der Waals surface area contributed by atoms with Crippen molar-refractivity contribution in [2.45, 2.75) is 89.4 Å². The molecule has 2 aromatic heterocycles. The Hall–Kier alpha value is -1.39. The molecule has 0 N–H and O–H groups in total. The van der Waals surface area contributed by atoms with Gasteiger partial charge in [0.15, 0.2) is 5.16 Å². The summed E-state index contributed by atoms with van der Waals surface area (Å²) in [4.78, 5) is 13.9. The molecule has 0 fully saturated rings. The molecule has 172 valence electrons. The van der Waals surface area contributed by atoms with E-state index in [2.05, 4.69) is 72.7 Å². The fourth-order valence-electron chi connectivity index (χ4n) is 2.17.